The summed E-state index contributed by atoms with van der Waals surface area (Å²) in [4.78, 5) is 21.7. The molecule has 2 atom stereocenters. The first kappa shape index (κ1) is 29.8. The van der Waals surface area contributed by atoms with Crippen LogP contribution >= 0.6 is 11.6 Å². The van der Waals surface area contributed by atoms with Gasteiger partial charge in [0.2, 0.25) is 0 Å². The Hall–Kier alpha value is -2.72. The van der Waals surface area contributed by atoms with Crippen molar-refractivity contribution in [3.05, 3.63) is 66.5 Å². The zero-order chi connectivity index (χ0) is 27.3. The summed E-state index contributed by atoms with van der Waals surface area (Å²) >= 11 is 6.40. The van der Waals surface area contributed by atoms with Crippen molar-refractivity contribution in [1.29, 1.82) is 0 Å². The lowest BCUT2D eigenvalue weighted by Crippen LogP contribution is -2.27. The molecule has 0 aliphatic heterocycles. The summed E-state index contributed by atoms with van der Waals surface area (Å²) in [5.74, 6) is 1.60. The lowest BCUT2D eigenvalue weighted by molar-refractivity contribution is -0.134. The molecule has 3 rings (SSSR count). The van der Waals surface area contributed by atoms with Crippen molar-refractivity contribution >= 4 is 17.6 Å². The number of rotatable bonds is 15. The Morgan fingerprint density at radius 1 is 0.789 bits per heavy atom. The molecule has 4 nitrogen and oxygen atoms in total. The van der Waals surface area contributed by atoms with Gasteiger partial charge in [-0.05, 0) is 59.9 Å². The number of carbonyl (C=O) groups excluding carboxylic acids is 1. The van der Waals surface area contributed by atoms with Gasteiger partial charge in [0.05, 0.1) is 0 Å². The first-order chi connectivity index (χ1) is 18.4. The predicted octanol–water partition coefficient (Wildman–Crippen LogP) is 9.30. The average molecular weight is 535 g/mol. The second kappa shape index (κ2) is 15.6. The monoisotopic (exact) mass is 534 g/mol. The number of hydrogen-bond acceptors (Lipinski definition) is 4. The van der Waals surface area contributed by atoms with E-state index in [-0.39, 0.29) is 11.9 Å². The first-order valence-electron chi connectivity index (χ1n) is 14.2. The summed E-state index contributed by atoms with van der Waals surface area (Å²) in [6, 6.07) is 15.8. The second-order valence-electron chi connectivity index (χ2n) is 10.8. The number of hydrogen-bond donors (Lipinski definition) is 0. The quantitative estimate of drug-likeness (QED) is 0.0843. The van der Waals surface area contributed by atoms with Gasteiger partial charge in [-0.15, -0.1) is 11.6 Å². The van der Waals surface area contributed by atoms with Crippen LogP contribution < -0.4 is 4.74 Å². The number of benzene rings is 2. The minimum atomic E-state index is -0.642. The maximum Gasteiger partial charge on any atom is 0.329 e. The maximum absolute atomic E-state index is 12.5. The molecule has 0 saturated carbocycles. The molecule has 204 valence electrons. The summed E-state index contributed by atoms with van der Waals surface area (Å²) in [6.07, 6.45) is 14.4. The predicted molar refractivity (Wildman–Crippen MR) is 158 cm³/mol. The fourth-order valence-electron chi connectivity index (χ4n) is 4.49. The van der Waals surface area contributed by atoms with Crippen LogP contribution in [-0.4, -0.2) is 21.3 Å². The van der Waals surface area contributed by atoms with Gasteiger partial charge in [-0.3, -0.25) is 4.79 Å². The molecule has 2 aromatic carbocycles. The van der Waals surface area contributed by atoms with Crippen molar-refractivity contribution < 1.29 is 9.53 Å². The van der Waals surface area contributed by atoms with E-state index >= 15 is 0 Å². The molecule has 0 spiro atoms. The van der Waals surface area contributed by atoms with E-state index in [0.717, 1.165) is 48.2 Å². The van der Waals surface area contributed by atoms with E-state index in [1.165, 1.54) is 37.7 Å². The topological polar surface area (TPSA) is 52.1 Å². The molecule has 0 bridgehead atoms. The minimum Gasteiger partial charge on any atom is -0.425 e. The van der Waals surface area contributed by atoms with Crippen molar-refractivity contribution in [2.75, 3.05) is 0 Å². The molecule has 0 fully saturated rings. The van der Waals surface area contributed by atoms with E-state index in [4.69, 9.17) is 16.3 Å². The van der Waals surface area contributed by atoms with Crippen molar-refractivity contribution in [3.63, 3.8) is 0 Å². The van der Waals surface area contributed by atoms with E-state index in [9.17, 15) is 4.79 Å². The highest BCUT2D eigenvalue weighted by molar-refractivity contribution is 6.30. The molecule has 5 heteroatoms. The van der Waals surface area contributed by atoms with Crippen LogP contribution in [0.2, 0.25) is 0 Å². The summed E-state index contributed by atoms with van der Waals surface area (Å²) in [6.45, 7) is 8.67. The first-order valence-corrected chi connectivity index (χ1v) is 14.7. The van der Waals surface area contributed by atoms with Crippen LogP contribution in [0.3, 0.4) is 0 Å². The van der Waals surface area contributed by atoms with Crippen LogP contribution in [0.15, 0.2) is 60.9 Å². The third-order valence-corrected chi connectivity index (χ3v) is 7.60. The number of ether oxygens (including phenoxy) is 1. The van der Waals surface area contributed by atoms with Crippen molar-refractivity contribution in [1.82, 2.24) is 9.97 Å². The minimum absolute atomic E-state index is 0.0800. The van der Waals surface area contributed by atoms with E-state index in [2.05, 4.69) is 42.9 Å². The van der Waals surface area contributed by atoms with Crippen molar-refractivity contribution in [2.45, 2.75) is 90.9 Å². The van der Waals surface area contributed by atoms with Gasteiger partial charge in [0, 0.05) is 18.0 Å². The van der Waals surface area contributed by atoms with Crippen molar-refractivity contribution in [2.24, 2.45) is 11.8 Å². The van der Waals surface area contributed by atoms with Crippen LogP contribution in [0, 0.1) is 11.8 Å². The number of aromatic nitrogens is 2. The zero-order valence-electron chi connectivity index (χ0n) is 23.5. The molecule has 1 aromatic heterocycles. The largest absolute Gasteiger partial charge is 0.425 e. The summed E-state index contributed by atoms with van der Waals surface area (Å²) < 4.78 is 5.56. The lowest BCUT2D eigenvalue weighted by atomic mass is 9.97. The molecule has 0 aliphatic carbocycles. The van der Waals surface area contributed by atoms with E-state index in [0.29, 0.717) is 11.7 Å². The molecule has 0 radical (unpaired) electrons. The number of esters is 1. The Bertz CT molecular complexity index is 1100. The fraction of sp³-hybridized carbons (Fsp3) is 0.485. The highest BCUT2D eigenvalue weighted by Crippen LogP contribution is 2.26. The smallest absolute Gasteiger partial charge is 0.329 e. The van der Waals surface area contributed by atoms with Crippen LogP contribution in [0.4, 0.5) is 0 Å². The number of aryl methyl sites for hydroxylation is 1. The lowest BCUT2D eigenvalue weighted by Gasteiger charge is -2.17. The van der Waals surface area contributed by atoms with E-state index < -0.39 is 5.38 Å². The Kier molecular flexibility index (Phi) is 12.3. The molecule has 0 amide bonds. The van der Waals surface area contributed by atoms with Crippen LogP contribution in [0.5, 0.6) is 5.75 Å². The fourth-order valence-corrected chi connectivity index (χ4v) is 4.66. The maximum atomic E-state index is 12.5. The number of alkyl halides is 1. The number of unbranched alkanes of at least 4 members (excludes halogenated alkanes) is 4. The molecule has 38 heavy (non-hydrogen) atoms. The van der Waals surface area contributed by atoms with Gasteiger partial charge in [0.15, 0.2) is 5.82 Å². The van der Waals surface area contributed by atoms with Crippen LogP contribution in [0.25, 0.3) is 22.5 Å². The van der Waals surface area contributed by atoms with E-state index in [1.54, 1.807) is 0 Å². The molecule has 1 heterocycles. The van der Waals surface area contributed by atoms with Gasteiger partial charge in [-0.25, -0.2) is 9.97 Å². The van der Waals surface area contributed by atoms with E-state index in [1.807, 2.05) is 55.7 Å². The Labute approximate surface area is 234 Å². The molecular weight excluding hydrogens is 492 g/mol. The van der Waals surface area contributed by atoms with Gasteiger partial charge in [0.25, 0.3) is 0 Å². The van der Waals surface area contributed by atoms with Crippen LogP contribution in [0.1, 0.15) is 84.6 Å². The summed E-state index contributed by atoms with van der Waals surface area (Å²) in [5, 5.41) is -0.642. The molecule has 0 N–H and O–H groups in total. The van der Waals surface area contributed by atoms with Crippen molar-refractivity contribution in [3.8, 4) is 28.3 Å². The van der Waals surface area contributed by atoms with Gasteiger partial charge in [0.1, 0.15) is 11.1 Å². The zero-order valence-corrected chi connectivity index (χ0v) is 24.2. The van der Waals surface area contributed by atoms with Gasteiger partial charge in [-0.2, -0.15) is 0 Å². The van der Waals surface area contributed by atoms with Gasteiger partial charge < -0.3 is 4.74 Å². The summed E-state index contributed by atoms with van der Waals surface area (Å²) in [5.41, 5.74) is 4.30. The number of carbonyl (C=O) groups is 1. The average Bonchev–Trinajstić information content (AvgIpc) is 2.93. The molecule has 3 aromatic rings. The standard InChI is InChI=1S/C33H43ClN2O2/c1-5-6-7-8-9-13-26-22-35-32(36-23-26)29-16-14-27(15-17-29)28-18-20-30(21-19-28)38-33(37)31(34)25(4)12-10-11-24(2)3/h14-25,31H,5-13H2,1-4H3. The molecular formula is C33H43ClN2O2. The molecule has 0 saturated heterocycles. The van der Waals surface area contributed by atoms with Gasteiger partial charge >= 0.3 is 5.97 Å². The Balaban J connectivity index is 1.52. The molecule has 2 unspecified atom stereocenters. The second-order valence-corrected chi connectivity index (χ2v) is 11.3. The number of nitrogens with zero attached hydrogens (tertiary/aromatic N) is 2. The summed E-state index contributed by atoms with van der Waals surface area (Å²) in [7, 11) is 0. The molecule has 0 aliphatic rings. The highest BCUT2D eigenvalue weighted by Gasteiger charge is 2.24. The SMILES string of the molecule is CCCCCCCc1cnc(-c2ccc(-c3ccc(OC(=O)C(Cl)C(C)CCCC(C)C)cc3)cc2)nc1. The normalized spacial score (nSPS) is 12.9. The highest BCUT2D eigenvalue weighted by atomic mass is 35.5. The number of halogens is 1. The Morgan fingerprint density at radius 3 is 1.97 bits per heavy atom. The van der Waals surface area contributed by atoms with Gasteiger partial charge in [-0.1, -0.05) is 103 Å². The Morgan fingerprint density at radius 2 is 1.37 bits per heavy atom. The third kappa shape index (κ3) is 9.54. The van der Waals surface area contributed by atoms with Crippen LogP contribution in [-0.2, 0) is 11.2 Å². The third-order valence-electron chi connectivity index (χ3n) is 6.99.